The number of unbranched alkanes of at least 4 members (excludes halogenated alkanes) is 3. The number of nitriles is 1. The smallest absolute Gasteiger partial charge is 0.179 e. The van der Waals surface area contributed by atoms with Crippen molar-refractivity contribution in [2.45, 2.75) is 103 Å². The molecular weight excluding hydrogens is 434 g/mol. The third kappa shape index (κ3) is 7.95. The maximum absolute atomic E-state index is 8.96. The van der Waals surface area contributed by atoms with Crippen LogP contribution in [0.4, 0.5) is 0 Å². The summed E-state index contributed by atoms with van der Waals surface area (Å²) in [5.74, 6) is 0. The summed E-state index contributed by atoms with van der Waals surface area (Å²) in [5.41, 5.74) is 4.52. The first-order chi connectivity index (χ1) is 16.0. The molecule has 0 heterocycles. The number of nitrogens with zero attached hydrogens (tertiary/aromatic N) is 1. The molecule has 0 N–H and O–H groups in total. The lowest BCUT2D eigenvalue weighted by molar-refractivity contribution is 0.499. The van der Waals surface area contributed by atoms with Crippen LogP contribution in [-0.2, 0) is 10.5 Å². The Morgan fingerprint density at radius 2 is 1.12 bits per heavy atom. The summed E-state index contributed by atoms with van der Waals surface area (Å²) < 4.78 is 7.17. The maximum Gasteiger partial charge on any atom is 0.179 e. The molecule has 2 nitrogen and oxygen atoms in total. The van der Waals surface area contributed by atoms with Gasteiger partial charge in [-0.25, -0.2) is 0 Å². The van der Waals surface area contributed by atoms with E-state index in [9.17, 15) is 0 Å². The molecule has 180 valence electrons. The molecule has 2 aromatic rings. The fourth-order valence-electron chi connectivity index (χ4n) is 4.96. The van der Waals surface area contributed by atoms with Crippen molar-refractivity contribution in [3.05, 3.63) is 59.7 Å². The van der Waals surface area contributed by atoms with Crippen LogP contribution in [0, 0.1) is 11.3 Å². The lowest BCUT2D eigenvalue weighted by atomic mass is 10.0. The highest BCUT2D eigenvalue weighted by molar-refractivity contribution is 6.87. The Morgan fingerprint density at radius 1 is 0.636 bits per heavy atom. The molecule has 0 radical (unpaired) electrons. The molecule has 0 atom stereocenters. The van der Waals surface area contributed by atoms with Gasteiger partial charge in [0.05, 0.1) is 11.6 Å². The predicted octanol–water partition coefficient (Wildman–Crippen LogP) is 9.34. The topological polar surface area (TPSA) is 33.0 Å². The van der Waals surface area contributed by atoms with E-state index in [4.69, 9.17) is 9.38 Å². The summed E-state index contributed by atoms with van der Waals surface area (Å²) in [6, 6.07) is 26.7. The molecule has 33 heavy (non-hydrogen) atoms. The zero-order valence-corrected chi connectivity index (χ0v) is 23.8. The van der Waals surface area contributed by atoms with Crippen molar-refractivity contribution in [1.29, 1.82) is 5.26 Å². The van der Waals surface area contributed by atoms with Crippen molar-refractivity contribution >= 4 is 16.6 Å². The molecule has 0 bridgehead atoms. The Balaban J connectivity index is 1.78. The van der Waals surface area contributed by atoms with Crippen LogP contribution in [-0.4, -0.2) is 16.6 Å². The standard InChI is InChI=1S/C29H45NOSi2/c1-6-32(7-2,8-3)31-33(9-4,10-5)24-14-12-11-13-15-26-16-20-28(21-17-26)29-22-18-27(25-30)19-23-29/h16-23H,6-15,24H2,1-5H3. The van der Waals surface area contributed by atoms with Gasteiger partial charge in [0.25, 0.3) is 0 Å². The third-order valence-electron chi connectivity index (χ3n) is 7.80. The zero-order valence-electron chi connectivity index (χ0n) is 21.8. The highest BCUT2D eigenvalue weighted by atomic mass is 28.4. The Labute approximate surface area is 205 Å². The van der Waals surface area contributed by atoms with E-state index in [0.717, 1.165) is 6.42 Å². The van der Waals surface area contributed by atoms with E-state index in [1.54, 1.807) is 0 Å². The Morgan fingerprint density at radius 3 is 1.61 bits per heavy atom. The third-order valence-corrected chi connectivity index (χ3v) is 19.0. The van der Waals surface area contributed by atoms with Crippen LogP contribution in [0.25, 0.3) is 11.1 Å². The Kier molecular flexibility index (Phi) is 11.6. The van der Waals surface area contributed by atoms with E-state index >= 15 is 0 Å². The van der Waals surface area contributed by atoms with Crippen LogP contribution in [0.5, 0.6) is 0 Å². The summed E-state index contributed by atoms with van der Waals surface area (Å²) in [4.78, 5) is 0. The Bertz CT molecular complexity index is 838. The van der Waals surface area contributed by atoms with Gasteiger partial charge in [0, 0.05) is 0 Å². The fourth-order valence-corrected chi connectivity index (χ4v) is 15.5. The summed E-state index contributed by atoms with van der Waals surface area (Å²) in [6.45, 7) is 11.9. The number of hydrogen-bond donors (Lipinski definition) is 0. The number of benzene rings is 2. The van der Waals surface area contributed by atoms with Gasteiger partial charge in [-0.1, -0.05) is 90.3 Å². The second kappa shape index (κ2) is 13.9. The van der Waals surface area contributed by atoms with Crippen molar-refractivity contribution in [2.75, 3.05) is 0 Å². The predicted molar refractivity (Wildman–Crippen MR) is 149 cm³/mol. The molecule has 0 amide bonds. The van der Waals surface area contributed by atoms with Gasteiger partial charge in [-0.15, -0.1) is 0 Å². The Hall–Kier alpha value is -1.68. The normalized spacial score (nSPS) is 12.0. The van der Waals surface area contributed by atoms with E-state index in [1.165, 1.54) is 78.6 Å². The minimum atomic E-state index is -1.57. The van der Waals surface area contributed by atoms with Gasteiger partial charge in [0.2, 0.25) is 0 Å². The van der Waals surface area contributed by atoms with Crippen LogP contribution >= 0.6 is 0 Å². The summed E-state index contributed by atoms with van der Waals surface area (Å²) in [6.07, 6.45) is 6.41. The van der Waals surface area contributed by atoms with Crippen molar-refractivity contribution in [1.82, 2.24) is 0 Å². The number of rotatable bonds is 15. The van der Waals surface area contributed by atoms with Gasteiger partial charge in [-0.2, -0.15) is 5.26 Å². The molecule has 0 aliphatic heterocycles. The van der Waals surface area contributed by atoms with Gasteiger partial charge in [-0.3, -0.25) is 0 Å². The molecule has 0 saturated heterocycles. The fraction of sp³-hybridized carbons (Fsp3) is 0.552. The van der Waals surface area contributed by atoms with Gasteiger partial charge in [-0.05, 0) is 77.9 Å². The number of hydrogen-bond acceptors (Lipinski definition) is 2. The first-order valence-corrected chi connectivity index (χ1v) is 18.3. The second-order valence-corrected chi connectivity index (χ2v) is 19.1. The molecular formula is C29H45NOSi2. The highest BCUT2D eigenvalue weighted by Crippen LogP contribution is 2.33. The van der Waals surface area contributed by atoms with Crippen LogP contribution in [0.1, 0.15) is 71.4 Å². The summed E-state index contributed by atoms with van der Waals surface area (Å²) >= 11 is 0. The van der Waals surface area contributed by atoms with Gasteiger partial charge in [0.1, 0.15) is 0 Å². The molecule has 2 aromatic carbocycles. The molecule has 4 heteroatoms. The van der Waals surface area contributed by atoms with Crippen LogP contribution in [0.15, 0.2) is 48.5 Å². The van der Waals surface area contributed by atoms with Crippen LogP contribution in [0.2, 0.25) is 36.3 Å². The van der Waals surface area contributed by atoms with Crippen molar-refractivity contribution < 1.29 is 4.12 Å². The van der Waals surface area contributed by atoms with E-state index in [1.807, 2.05) is 24.3 Å². The summed E-state index contributed by atoms with van der Waals surface area (Å²) in [7, 11) is -3.07. The lowest BCUT2D eigenvalue weighted by Crippen LogP contribution is -2.50. The molecule has 0 saturated carbocycles. The first-order valence-electron chi connectivity index (χ1n) is 13.3. The first kappa shape index (κ1) is 27.6. The van der Waals surface area contributed by atoms with Gasteiger partial charge in [0.15, 0.2) is 16.6 Å². The molecule has 0 fully saturated rings. The van der Waals surface area contributed by atoms with E-state index < -0.39 is 16.6 Å². The van der Waals surface area contributed by atoms with E-state index in [0.29, 0.717) is 5.56 Å². The molecule has 0 aliphatic carbocycles. The molecule has 2 rings (SSSR count). The van der Waals surface area contributed by atoms with Gasteiger partial charge < -0.3 is 4.12 Å². The summed E-state index contributed by atoms with van der Waals surface area (Å²) in [5, 5.41) is 8.96. The van der Waals surface area contributed by atoms with Crippen LogP contribution in [0.3, 0.4) is 0 Å². The monoisotopic (exact) mass is 479 g/mol. The molecule has 0 aliphatic rings. The quantitative estimate of drug-likeness (QED) is 0.188. The molecule has 0 aromatic heterocycles. The minimum Gasteiger partial charge on any atom is -0.455 e. The minimum absolute atomic E-state index is 0.710. The zero-order chi connectivity index (χ0) is 24.2. The average molecular weight is 480 g/mol. The largest absolute Gasteiger partial charge is 0.455 e. The maximum atomic E-state index is 8.96. The van der Waals surface area contributed by atoms with E-state index in [2.05, 4.69) is 65.0 Å². The van der Waals surface area contributed by atoms with Crippen molar-refractivity contribution in [3.63, 3.8) is 0 Å². The van der Waals surface area contributed by atoms with Gasteiger partial charge >= 0.3 is 0 Å². The lowest BCUT2D eigenvalue weighted by Gasteiger charge is -2.41. The average Bonchev–Trinajstić information content (AvgIpc) is 2.89. The van der Waals surface area contributed by atoms with Crippen molar-refractivity contribution in [2.24, 2.45) is 0 Å². The highest BCUT2D eigenvalue weighted by Gasteiger charge is 2.40. The number of aryl methyl sites for hydroxylation is 1. The van der Waals surface area contributed by atoms with Crippen molar-refractivity contribution in [3.8, 4) is 17.2 Å². The van der Waals surface area contributed by atoms with E-state index in [-0.39, 0.29) is 0 Å². The van der Waals surface area contributed by atoms with Crippen LogP contribution < -0.4 is 0 Å². The molecule has 0 unspecified atom stereocenters. The second-order valence-electron chi connectivity index (χ2n) is 9.54. The molecule has 0 spiro atoms. The SMILES string of the molecule is CC[Si](CC)(CC)O[Si](CC)(CC)CCCCCCc1ccc(-c2ccc(C#N)cc2)cc1.